The van der Waals surface area contributed by atoms with Crippen molar-refractivity contribution in [2.45, 2.75) is 51.2 Å². The maximum absolute atomic E-state index is 12.8. The average molecular weight is 312 g/mol. The van der Waals surface area contributed by atoms with Crippen LogP contribution in [-0.4, -0.2) is 23.3 Å². The topological polar surface area (TPSA) is 63.6 Å². The van der Waals surface area contributed by atoms with E-state index in [2.05, 4.69) is 0 Å². The summed E-state index contributed by atoms with van der Waals surface area (Å²) in [6.07, 6.45) is 1.21. The Kier molecular flexibility index (Phi) is 2.41. The smallest absolute Gasteiger partial charge is 0.313 e. The lowest BCUT2D eigenvalue weighted by molar-refractivity contribution is -0.236. The van der Waals surface area contributed by atoms with Crippen molar-refractivity contribution in [1.29, 1.82) is 0 Å². The molecule has 1 aromatic carbocycles. The van der Waals surface area contributed by atoms with Crippen LogP contribution in [0.1, 0.15) is 41.5 Å². The molecular weight excluding hydrogens is 292 g/mol. The summed E-state index contributed by atoms with van der Waals surface area (Å²) in [5.74, 6) is 0.0405. The predicted octanol–water partition coefficient (Wildman–Crippen LogP) is 1.48. The summed E-state index contributed by atoms with van der Waals surface area (Å²) in [5, 5.41) is 10.7. The Morgan fingerprint density at radius 3 is 2.87 bits per heavy atom. The highest BCUT2D eigenvalue weighted by molar-refractivity contribution is 5.83. The number of ether oxygens (including phenoxy) is 1. The minimum Gasteiger partial charge on any atom is -0.459 e. The van der Waals surface area contributed by atoms with Gasteiger partial charge in [0, 0.05) is 17.8 Å². The first-order valence-corrected chi connectivity index (χ1v) is 8.51. The molecule has 4 unspecified atom stereocenters. The molecular formula is C19H20O4. The van der Waals surface area contributed by atoms with Gasteiger partial charge in [-0.15, -0.1) is 0 Å². The normalized spacial score (nSPS) is 42.4. The Morgan fingerprint density at radius 2 is 2.09 bits per heavy atom. The van der Waals surface area contributed by atoms with Crippen molar-refractivity contribution in [3.05, 3.63) is 44.6 Å². The second-order valence-electron chi connectivity index (χ2n) is 7.83. The van der Waals surface area contributed by atoms with Crippen molar-refractivity contribution in [3.63, 3.8) is 0 Å². The summed E-state index contributed by atoms with van der Waals surface area (Å²) < 4.78 is 5.67. The third-order valence-electron chi connectivity index (χ3n) is 7.07. The van der Waals surface area contributed by atoms with Crippen LogP contribution in [0.15, 0.2) is 16.9 Å². The lowest BCUT2D eigenvalue weighted by Gasteiger charge is -2.59. The number of hydrogen-bond acceptors (Lipinski definition) is 4. The first-order chi connectivity index (χ1) is 10.9. The second kappa shape index (κ2) is 4.04. The molecule has 1 spiro atoms. The van der Waals surface area contributed by atoms with Crippen molar-refractivity contribution < 1.29 is 14.6 Å². The SMILES string of the molecule is Cc1cc(=O)cc2c3c1CC1C4OC(=O)C(CC2)(C31)[C@@H](C)[C@@H]4O. The van der Waals surface area contributed by atoms with Gasteiger partial charge < -0.3 is 9.84 Å². The number of carbonyl (C=O) groups excluding carboxylic acids is 1. The summed E-state index contributed by atoms with van der Waals surface area (Å²) in [6, 6.07) is 3.47. The standard InChI is InChI=1S/C19H20O4/c1-8-5-11(20)6-10-3-4-19-9(2)16(21)17(23-18(19)22)13-7-12(8)14(10)15(13)19/h5-6,9,13,15-17,21H,3-4,7H2,1-2H3/t9-,13?,15?,16-,17?,19?/m0/s1. The molecule has 2 heterocycles. The number of aliphatic hydroxyl groups is 1. The molecule has 2 bridgehead atoms. The zero-order valence-corrected chi connectivity index (χ0v) is 13.3. The average Bonchev–Trinajstić information content (AvgIpc) is 2.86. The van der Waals surface area contributed by atoms with Crippen LogP contribution in [0.4, 0.5) is 0 Å². The van der Waals surface area contributed by atoms with E-state index in [1.54, 1.807) is 12.1 Å². The predicted molar refractivity (Wildman–Crippen MR) is 83.2 cm³/mol. The summed E-state index contributed by atoms with van der Waals surface area (Å²) in [7, 11) is 0. The van der Waals surface area contributed by atoms with Gasteiger partial charge in [-0.2, -0.15) is 0 Å². The van der Waals surface area contributed by atoms with E-state index in [0.717, 1.165) is 17.5 Å². The van der Waals surface area contributed by atoms with Crippen LogP contribution in [0.2, 0.25) is 0 Å². The number of esters is 1. The molecule has 2 aliphatic heterocycles. The fraction of sp³-hybridized carbons (Fsp3) is 0.579. The molecule has 4 nitrogen and oxygen atoms in total. The van der Waals surface area contributed by atoms with E-state index in [4.69, 9.17) is 4.74 Å². The van der Waals surface area contributed by atoms with Gasteiger partial charge in [-0.3, -0.25) is 9.59 Å². The van der Waals surface area contributed by atoms with Gasteiger partial charge in [0.1, 0.15) is 6.10 Å². The summed E-state index contributed by atoms with van der Waals surface area (Å²) in [5.41, 5.74) is 4.00. The van der Waals surface area contributed by atoms with Gasteiger partial charge in [0.2, 0.25) is 0 Å². The molecule has 6 rings (SSSR count). The molecule has 6 atom stereocenters. The van der Waals surface area contributed by atoms with E-state index in [1.807, 2.05) is 13.8 Å². The maximum Gasteiger partial charge on any atom is 0.313 e. The minimum atomic E-state index is -0.610. The van der Waals surface area contributed by atoms with Crippen molar-refractivity contribution in [3.8, 4) is 0 Å². The van der Waals surface area contributed by atoms with Crippen LogP contribution in [-0.2, 0) is 22.4 Å². The van der Waals surface area contributed by atoms with Gasteiger partial charge in [-0.05, 0) is 60.6 Å². The van der Waals surface area contributed by atoms with Gasteiger partial charge in [0.15, 0.2) is 5.43 Å². The summed E-state index contributed by atoms with van der Waals surface area (Å²) in [6.45, 7) is 3.98. The third kappa shape index (κ3) is 1.38. The molecule has 0 radical (unpaired) electrons. The molecule has 5 aliphatic rings. The first kappa shape index (κ1) is 13.7. The lowest BCUT2D eigenvalue weighted by atomic mass is 9.49. The van der Waals surface area contributed by atoms with E-state index in [0.29, 0.717) is 12.8 Å². The fourth-order valence-corrected chi connectivity index (χ4v) is 6.03. The third-order valence-corrected chi connectivity index (χ3v) is 7.07. The van der Waals surface area contributed by atoms with Crippen molar-refractivity contribution >= 4 is 5.97 Å². The van der Waals surface area contributed by atoms with Crippen LogP contribution < -0.4 is 5.43 Å². The molecule has 1 aromatic rings. The zero-order chi connectivity index (χ0) is 16.1. The fourth-order valence-electron chi connectivity index (χ4n) is 6.03. The highest BCUT2D eigenvalue weighted by Gasteiger charge is 2.70. The highest BCUT2D eigenvalue weighted by Crippen LogP contribution is 2.66. The van der Waals surface area contributed by atoms with E-state index in [9.17, 15) is 14.7 Å². The van der Waals surface area contributed by atoms with E-state index < -0.39 is 17.6 Å². The maximum atomic E-state index is 12.8. The second-order valence-corrected chi connectivity index (χ2v) is 7.83. The Labute approximate surface area is 134 Å². The molecule has 23 heavy (non-hydrogen) atoms. The van der Waals surface area contributed by atoms with Crippen molar-refractivity contribution in [1.82, 2.24) is 0 Å². The van der Waals surface area contributed by atoms with E-state index in [-0.39, 0.29) is 29.2 Å². The molecule has 3 fully saturated rings. The monoisotopic (exact) mass is 312 g/mol. The van der Waals surface area contributed by atoms with Crippen LogP contribution in [0.25, 0.3) is 0 Å². The number of aryl methyl sites for hydroxylation is 2. The Balaban J connectivity index is 1.85. The molecule has 4 heteroatoms. The molecule has 3 aliphatic carbocycles. The Hall–Kier alpha value is -1.68. The van der Waals surface area contributed by atoms with Crippen LogP contribution >= 0.6 is 0 Å². The van der Waals surface area contributed by atoms with E-state index >= 15 is 0 Å². The van der Waals surface area contributed by atoms with Gasteiger partial charge >= 0.3 is 5.97 Å². The van der Waals surface area contributed by atoms with Crippen molar-refractivity contribution in [2.24, 2.45) is 17.3 Å². The van der Waals surface area contributed by atoms with Gasteiger partial charge in [-0.1, -0.05) is 6.92 Å². The van der Waals surface area contributed by atoms with Crippen LogP contribution in [0.5, 0.6) is 0 Å². The Morgan fingerprint density at radius 1 is 1.30 bits per heavy atom. The minimum absolute atomic E-state index is 0.0519. The van der Waals surface area contributed by atoms with Crippen LogP contribution in [0.3, 0.4) is 0 Å². The number of carbonyl (C=O) groups is 1. The summed E-state index contributed by atoms with van der Waals surface area (Å²) >= 11 is 0. The van der Waals surface area contributed by atoms with Gasteiger partial charge in [0.25, 0.3) is 0 Å². The molecule has 120 valence electrons. The number of hydrogen-bond donors (Lipinski definition) is 1. The number of aliphatic hydroxyl groups excluding tert-OH is 1. The highest BCUT2D eigenvalue weighted by atomic mass is 16.6. The zero-order valence-electron chi connectivity index (χ0n) is 13.3. The van der Waals surface area contributed by atoms with Crippen molar-refractivity contribution in [2.75, 3.05) is 0 Å². The molecule has 0 aromatic heterocycles. The molecule has 1 N–H and O–H groups in total. The molecule has 0 amide bonds. The molecule has 2 saturated heterocycles. The molecule has 1 saturated carbocycles. The lowest BCUT2D eigenvalue weighted by Crippen LogP contribution is -2.67. The van der Waals surface area contributed by atoms with Gasteiger partial charge in [-0.25, -0.2) is 0 Å². The first-order valence-electron chi connectivity index (χ1n) is 8.51. The Bertz CT molecular complexity index is 814. The largest absolute Gasteiger partial charge is 0.459 e. The van der Waals surface area contributed by atoms with Crippen LogP contribution in [0, 0.1) is 24.2 Å². The summed E-state index contributed by atoms with van der Waals surface area (Å²) in [4.78, 5) is 24.9. The number of rotatable bonds is 0. The number of fused-ring (bicyclic) bond motifs is 2. The van der Waals surface area contributed by atoms with Gasteiger partial charge in [0.05, 0.1) is 11.5 Å². The quantitative estimate of drug-likeness (QED) is 0.737. The van der Waals surface area contributed by atoms with E-state index in [1.165, 1.54) is 11.1 Å².